The minimum atomic E-state index is -4.01. The first-order valence-corrected chi connectivity index (χ1v) is 10.8. The minimum Gasteiger partial charge on any atom is -0.280 e. The van der Waals surface area contributed by atoms with Crippen LogP contribution in [0.1, 0.15) is 26.3 Å². The van der Waals surface area contributed by atoms with Crippen LogP contribution in [0.2, 0.25) is 5.02 Å². The van der Waals surface area contributed by atoms with Crippen LogP contribution < -0.4 is 15.6 Å². The van der Waals surface area contributed by atoms with Crippen LogP contribution in [-0.4, -0.2) is 20.2 Å². The molecule has 0 fully saturated rings. The van der Waals surface area contributed by atoms with Crippen LogP contribution in [0.4, 0.5) is 10.1 Å². The molecule has 0 aromatic heterocycles. The molecule has 0 spiro atoms. The van der Waals surface area contributed by atoms with Gasteiger partial charge in [0.25, 0.3) is 21.8 Å². The van der Waals surface area contributed by atoms with Gasteiger partial charge in [0.1, 0.15) is 5.82 Å². The molecule has 31 heavy (non-hydrogen) atoms. The number of carbonyl (C=O) groups excluding carboxylic acids is 2. The molecule has 0 aliphatic heterocycles. The number of hydrogen-bond acceptors (Lipinski definition) is 4. The van der Waals surface area contributed by atoms with Gasteiger partial charge in [0, 0.05) is 5.69 Å². The Bertz CT molecular complexity index is 1260. The van der Waals surface area contributed by atoms with E-state index in [1.54, 1.807) is 18.2 Å². The molecule has 0 saturated carbocycles. The van der Waals surface area contributed by atoms with Crippen LogP contribution in [0.3, 0.4) is 0 Å². The minimum absolute atomic E-state index is 0.0350. The fourth-order valence-corrected chi connectivity index (χ4v) is 3.94. The van der Waals surface area contributed by atoms with E-state index >= 15 is 0 Å². The number of sulfonamides is 1. The van der Waals surface area contributed by atoms with Gasteiger partial charge in [-0.3, -0.25) is 25.2 Å². The summed E-state index contributed by atoms with van der Waals surface area (Å²) >= 11 is 6.03. The first-order valence-electron chi connectivity index (χ1n) is 8.91. The second kappa shape index (κ2) is 9.15. The Labute approximate surface area is 183 Å². The zero-order valence-corrected chi connectivity index (χ0v) is 17.7. The average molecular weight is 462 g/mol. The van der Waals surface area contributed by atoms with E-state index in [1.807, 2.05) is 13.0 Å². The van der Waals surface area contributed by atoms with Crippen molar-refractivity contribution in [3.05, 3.63) is 94.3 Å². The van der Waals surface area contributed by atoms with Crippen molar-refractivity contribution in [2.45, 2.75) is 11.8 Å². The number of benzene rings is 3. The van der Waals surface area contributed by atoms with Crippen molar-refractivity contribution in [1.82, 2.24) is 10.9 Å². The second-order valence-electron chi connectivity index (χ2n) is 6.50. The number of amides is 2. The second-order valence-corrected chi connectivity index (χ2v) is 8.59. The zero-order chi connectivity index (χ0) is 22.6. The van der Waals surface area contributed by atoms with Gasteiger partial charge >= 0.3 is 0 Å². The quantitative estimate of drug-likeness (QED) is 0.504. The van der Waals surface area contributed by atoms with Gasteiger partial charge in [-0.25, -0.2) is 12.8 Å². The molecular formula is C21H17ClFN3O4S. The molecule has 10 heteroatoms. The molecule has 0 saturated heterocycles. The third kappa shape index (κ3) is 5.39. The molecule has 0 heterocycles. The van der Waals surface area contributed by atoms with Crippen molar-refractivity contribution in [3.8, 4) is 0 Å². The van der Waals surface area contributed by atoms with Crippen molar-refractivity contribution >= 4 is 39.1 Å². The first kappa shape index (κ1) is 22.3. The molecule has 0 unspecified atom stereocenters. The maximum Gasteiger partial charge on any atom is 0.272 e. The van der Waals surface area contributed by atoms with E-state index in [0.717, 1.165) is 17.7 Å². The maximum absolute atomic E-state index is 13.7. The van der Waals surface area contributed by atoms with Gasteiger partial charge in [0.15, 0.2) is 0 Å². The summed E-state index contributed by atoms with van der Waals surface area (Å²) in [6, 6.07) is 15.6. The van der Waals surface area contributed by atoms with Crippen molar-refractivity contribution in [3.63, 3.8) is 0 Å². The molecule has 7 nitrogen and oxygen atoms in total. The maximum atomic E-state index is 13.7. The average Bonchev–Trinajstić information content (AvgIpc) is 2.72. The fourth-order valence-electron chi connectivity index (χ4n) is 2.66. The van der Waals surface area contributed by atoms with Gasteiger partial charge in [0.2, 0.25) is 0 Å². The van der Waals surface area contributed by atoms with Crippen LogP contribution in [0.15, 0.2) is 71.6 Å². The normalized spacial score (nSPS) is 10.9. The Kier molecular flexibility index (Phi) is 6.57. The highest BCUT2D eigenvalue weighted by atomic mass is 35.5. The number of halogens is 2. The van der Waals surface area contributed by atoms with Gasteiger partial charge in [-0.2, -0.15) is 0 Å². The van der Waals surface area contributed by atoms with E-state index in [1.165, 1.54) is 30.3 Å². The van der Waals surface area contributed by atoms with E-state index in [0.29, 0.717) is 5.69 Å². The molecule has 3 aromatic carbocycles. The Morgan fingerprint density at radius 2 is 1.55 bits per heavy atom. The molecule has 3 aromatic rings. The van der Waals surface area contributed by atoms with E-state index in [9.17, 15) is 22.4 Å². The van der Waals surface area contributed by atoms with Crippen molar-refractivity contribution in [1.29, 1.82) is 0 Å². The third-order valence-corrected chi connectivity index (χ3v) is 5.88. The molecule has 0 aliphatic carbocycles. The van der Waals surface area contributed by atoms with Crippen LogP contribution >= 0.6 is 11.6 Å². The van der Waals surface area contributed by atoms with Crippen LogP contribution in [0, 0.1) is 12.7 Å². The predicted molar refractivity (Wildman–Crippen MR) is 115 cm³/mol. The van der Waals surface area contributed by atoms with Gasteiger partial charge in [-0.1, -0.05) is 35.9 Å². The van der Waals surface area contributed by atoms with Crippen LogP contribution in [-0.2, 0) is 10.0 Å². The third-order valence-electron chi connectivity index (χ3n) is 4.17. The fraction of sp³-hybridized carbons (Fsp3) is 0.0476. The highest BCUT2D eigenvalue weighted by molar-refractivity contribution is 7.92. The van der Waals surface area contributed by atoms with Crippen molar-refractivity contribution < 1.29 is 22.4 Å². The summed E-state index contributed by atoms with van der Waals surface area (Å²) in [6.07, 6.45) is 0. The molecule has 0 atom stereocenters. The van der Waals surface area contributed by atoms with Gasteiger partial charge < -0.3 is 0 Å². The molecule has 3 N–H and O–H groups in total. The summed E-state index contributed by atoms with van der Waals surface area (Å²) < 4.78 is 41.5. The molecule has 0 aliphatic rings. The topological polar surface area (TPSA) is 104 Å². The summed E-state index contributed by atoms with van der Waals surface area (Å²) in [5.41, 5.74) is 4.92. The van der Waals surface area contributed by atoms with Crippen LogP contribution in [0.5, 0.6) is 0 Å². The Hall–Kier alpha value is -3.43. The highest BCUT2D eigenvalue weighted by Gasteiger charge is 2.20. The van der Waals surface area contributed by atoms with Crippen molar-refractivity contribution in [2.24, 2.45) is 0 Å². The lowest BCUT2D eigenvalue weighted by molar-refractivity contribution is 0.0844. The predicted octanol–water partition coefficient (Wildman–Crippen LogP) is 3.66. The van der Waals surface area contributed by atoms with Gasteiger partial charge in [-0.15, -0.1) is 0 Å². The summed E-state index contributed by atoms with van der Waals surface area (Å²) in [6.45, 7) is 1.82. The standard InChI is InChI=1S/C21H17ClFN3O4S/c1-13-5-4-6-14(11-13)26-31(29,30)15-9-10-18(22)17(12-15)21(28)25-24-20(27)16-7-2-3-8-19(16)23/h2-12,26H,1H3,(H,24,27)(H,25,28). The molecule has 160 valence electrons. The largest absolute Gasteiger partial charge is 0.280 e. The Balaban J connectivity index is 1.77. The monoisotopic (exact) mass is 461 g/mol. The van der Waals surface area contributed by atoms with E-state index in [4.69, 9.17) is 11.6 Å². The number of rotatable bonds is 5. The molecule has 3 rings (SSSR count). The van der Waals surface area contributed by atoms with Crippen molar-refractivity contribution in [2.75, 3.05) is 4.72 Å². The lowest BCUT2D eigenvalue weighted by atomic mass is 10.2. The number of aryl methyl sites for hydroxylation is 1. The SMILES string of the molecule is Cc1cccc(NS(=O)(=O)c2ccc(Cl)c(C(=O)NNC(=O)c3ccccc3F)c2)c1. The van der Waals surface area contributed by atoms with Gasteiger partial charge in [-0.05, 0) is 55.0 Å². The summed E-state index contributed by atoms with van der Waals surface area (Å²) in [5, 5.41) is -0.0350. The first-order chi connectivity index (χ1) is 14.7. The number of hydrazine groups is 1. The summed E-state index contributed by atoms with van der Waals surface area (Å²) in [4.78, 5) is 24.3. The lowest BCUT2D eigenvalue weighted by Crippen LogP contribution is -2.42. The Morgan fingerprint density at radius 3 is 2.23 bits per heavy atom. The molecule has 2 amide bonds. The lowest BCUT2D eigenvalue weighted by Gasteiger charge is -2.12. The van der Waals surface area contributed by atoms with E-state index in [-0.39, 0.29) is 21.0 Å². The van der Waals surface area contributed by atoms with Gasteiger partial charge in [0.05, 0.1) is 21.0 Å². The van der Waals surface area contributed by atoms with E-state index in [2.05, 4.69) is 15.6 Å². The molecular weight excluding hydrogens is 445 g/mol. The highest BCUT2D eigenvalue weighted by Crippen LogP contribution is 2.23. The molecule has 0 radical (unpaired) electrons. The zero-order valence-electron chi connectivity index (χ0n) is 16.1. The number of carbonyl (C=O) groups is 2. The summed E-state index contributed by atoms with van der Waals surface area (Å²) in [7, 11) is -4.01. The van der Waals surface area contributed by atoms with E-state index < -0.39 is 27.7 Å². The molecule has 0 bridgehead atoms. The number of hydrogen-bond donors (Lipinski definition) is 3. The van der Waals surface area contributed by atoms with Crippen LogP contribution in [0.25, 0.3) is 0 Å². The number of nitrogens with one attached hydrogen (secondary N) is 3. The number of anilines is 1. The smallest absolute Gasteiger partial charge is 0.272 e. The Morgan fingerprint density at radius 1 is 0.871 bits per heavy atom. The summed E-state index contributed by atoms with van der Waals surface area (Å²) in [5.74, 6) is -2.52.